The van der Waals surface area contributed by atoms with Gasteiger partial charge in [-0.25, -0.2) is 0 Å². The second kappa shape index (κ2) is 6.89. The first-order valence-corrected chi connectivity index (χ1v) is 6.86. The summed E-state index contributed by atoms with van der Waals surface area (Å²) < 4.78 is 11.7. The number of rotatable bonds is 5. The Hall–Kier alpha value is -1.10. The molecule has 0 spiro atoms. The van der Waals surface area contributed by atoms with Crippen molar-refractivity contribution >= 4 is 0 Å². The molecule has 1 aliphatic rings. The van der Waals surface area contributed by atoms with E-state index >= 15 is 0 Å². The zero-order valence-electron chi connectivity index (χ0n) is 12.1. The highest BCUT2D eigenvalue weighted by atomic mass is 16.5. The van der Waals surface area contributed by atoms with Crippen LogP contribution in [0.5, 0.6) is 5.75 Å². The van der Waals surface area contributed by atoms with Crippen LogP contribution in [0.4, 0.5) is 0 Å². The third-order valence-corrected chi connectivity index (χ3v) is 3.42. The SMILES string of the molecule is CNCc1cccc(C)c1OCC1CN(C)CCO1. The second-order valence-corrected chi connectivity index (χ2v) is 5.16. The van der Waals surface area contributed by atoms with E-state index in [0.717, 1.165) is 32.0 Å². The van der Waals surface area contributed by atoms with Crippen LogP contribution in [-0.2, 0) is 11.3 Å². The van der Waals surface area contributed by atoms with E-state index < -0.39 is 0 Å². The highest BCUT2D eigenvalue weighted by Crippen LogP contribution is 2.23. The summed E-state index contributed by atoms with van der Waals surface area (Å²) in [6, 6.07) is 6.26. The largest absolute Gasteiger partial charge is 0.490 e. The molecule has 106 valence electrons. The Kier molecular flexibility index (Phi) is 5.19. The summed E-state index contributed by atoms with van der Waals surface area (Å²) in [5, 5.41) is 3.18. The molecule has 1 aromatic rings. The first kappa shape index (κ1) is 14.3. The molecule has 1 aliphatic heterocycles. The van der Waals surface area contributed by atoms with E-state index in [-0.39, 0.29) is 6.10 Å². The average molecular weight is 264 g/mol. The second-order valence-electron chi connectivity index (χ2n) is 5.16. The number of hydrogen-bond acceptors (Lipinski definition) is 4. The minimum absolute atomic E-state index is 0.167. The minimum Gasteiger partial charge on any atom is -0.490 e. The van der Waals surface area contributed by atoms with Crippen molar-refractivity contribution in [3.05, 3.63) is 29.3 Å². The molecule has 1 fully saturated rings. The molecule has 0 bridgehead atoms. The number of nitrogens with one attached hydrogen (secondary N) is 1. The molecule has 1 N–H and O–H groups in total. The lowest BCUT2D eigenvalue weighted by Crippen LogP contribution is -2.42. The number of para-hydroxylation sites is 1. The maximum Gasteiger partial charge on any atom is 0.126 e. The minimum atomic E-state index is 0.167. The summed E-state index contributed by atoms with van der Waals surface area (Å²) >= 11 is 0. The lowest BCUT2D eigenvalue weighted by atomic mass is 10.1. The van der Waals surface area contributed by atoms with E-state index in [9.17, 15) is 0 Å². The van der Waals surface area contributed by atoms with Crippen molar-refractivity contribution in [2.24, 2.45) is 0 Å². The van der Waals surface area contributed by atoms with Gasteiger partial charge in [0.1, 0.15) is 18.5 Å². The van der Waals surface area contributed by atoms with Gasteiger partial charge < -0.3 is 19.7 Å². The third kappa shape index (κ3) is 3.93. The first-order valence-electron chi connectivity index (χ1n) is 6.86. The predicted molar refractivity (Wildman–Crippen MR) is 76.7 cm³/mol. The van der Waals surface area contributed by atoms with E-state index in [1.54, 1.807) is 0 Å². The standard InChI is InChI=1S/C15H24N2O2/c1-12-5-4-6-13(9-16-2)15(12)19-11-14-10-17(3)7-8-18-14/h4-6,14,16H,7-11H2,1-3H3. The van der Waals surface area contributed by atoms with Gasteiger partial charge in [-0.05, 0) is 26.6 Å². The molecule has 1 atom stereocenters. The van der Waals surface area contributed by atoms with Crippen LogP contribution in [0.15, 0.2) is 18.2 Å². The maximum atomic E-state index is 6.02. The fraction of sp³-hybridized carbons (Fsp3) is 0.600. The summed E-state index contributed by atoms with van der Waals surface area (Å²) in [5.74, 6) is 0.994. The Bertz CT molecular complexity index is 409. The number of benzene rings is 1. The summed E-state index contributed by atoms with van der Waals surface area (Å²) in [6.45, 7) is 6.26. The summed E-state index contributed by atoms with van der Waals surface area (Å²) in [4.78, 5) is 2.28. The van der Waals surface area contributed by atoms with Crippen molar-refractivity contribution in [2.45, 2.75) is 19.6 Å². The Labute approximate surface area is 115 Å². The number of hydrogen-bond donors (Lipinski definition) is 1. The molecule has 19 heavy (non-hydrogen) atoms. The highest BCUT2D eigenvalue weighted by Gasteiger charge is 2.19. The number of morpholine rings is 1. The molecule has 4 nitrogen and oxygen atoms in total. The van der Waals surface area contributed by atoms with Gasteiger partial charge in [-0.1, -0.05) is 18.2 Å². The zero-order chi connectivity index (χ0) is 13.7. The molecule has 0 aromatic heterocycles. The van der Waals surface area contributed by atoms with Gasteiger partial charge in [-0.2, -0.15) is 0 Å². The molecule has 1 saturated heterocycles. The molecular formula is C15H24N2O2. The van der Waals surface area contributed by atoms with E-state index in [1.165, 1.54) is 11.1 Å². The normalized spacial score (nSPS) is 20.5. The molecule has 0 radical (unpaired) electrons. The van der Waals surface area contributed by atoms with Gasteiger partial charge in [0.2, 0.25) is 0 Å². The molecular weight excluding hydrogens is 240 g/mol. The van der Waals surface area contributed by atoms with E-state index in [0.29, 0.717) is 6.61 Å². The topological polar surface area (TPSA) is 33.7 Å². The number of ether oxygens (including phenoxy) is 2. The van der Waals surface area contributed by atoms with Gasteiger partial charge in [0.25, 0.3) is 0 Å². The zero-order valence-corrected chi connectivity index (χ0v) is 12.1. The molecule has 0 amide bonds. The predicted octanol–water partition coefficient (Wildman–Crippen LogP) is 1.42. The van der Waals surface area contributed by atoms with Gasteiger partial charge in [-0.3, -0.25) is 0 Å². The van der Waals surface area contributed by atoms with Crippen molar-refractivity contribution in [2.75, 3.05) is 40.4 Å². The number of likely N-dealkylation sites (N-methyl/N-ethyl adjacent to an activating group) is 1. The monoisotopic (exact) mass is 264 g/mol. The fourth-order valence-corrected chi connectivity index (χ4v) is 2.39. The third-order valence-electron chi connectivity index (χ3n) is 3.42. The fourth-order valence-electron chi connectivity index (χ4n) is 2.39. The Morgan fingerprint density at radius 2 is 2.32 bits per heavy atom. The van der Waals surface area contributed by atoms with Crippen LogP contribution in [0.3, 0.4) is 0 Å². The Morgan fingerprint density at radius 1 is 1.47 bits per heavy atom. The van der Waals surface area contributed by atoms with Gasteiger partial charge in [-0.15, -0.1) is 0 Å². The summed E-state index contributed by atoms with van der Waals surface area (Å²) in [6.07, 6.45) is 0.167. The molecule has 1 unspecified atom stereocenters. The van der Waals surface area contributed by atoms with Gasteiger partial charge in [0.05, 0.1) is 6.61 Å². The van der Waals surface area contributed by atoms with Crippen molar-refractivity contribution in [3.8, 4) is 5.75 Å². The van der Waals surface area contributed by atoms with Crippen molar-refractivity contribution < 1.29 is 9.47 Å². The number of nitrogens with zero attached hydrogens (tertiary/aromatic N) is 1. The quantitative estimate of drug-likeness (QED) is 0.872. The molecule has 1 aromatic carbocycles. The average Bonchev–Trinajstić information content (AvgIpc) is 2.38. The van der Waals surface area contributed by atoms with Gasteiger partial charge >= 0.3 is 0 Å². The first-order chi connectivity index (χ1) is 9.20. The molecule has 1 heterocycles. The van der Waals surface area contributed by atoms with Crippen molar-refractivity contribution in [1.82, 2.24) is 10.2 Å². The van der Waals surface area contributed by atoms with Gasteiger partial charge in [0, 0.05) is 25.2 Å². The van der Waals surface area contributed by atoms with E-state index in [4.69, 9.17) is 9.47 Å². The van der Waals surface area contributed by atoms with Crippen LogP contribution in [0.25, 0.3) is 0 Å². The number of aryl methyl sites for hydroxylation is 1. The summed E-state index contributed by atoms with van der Waals surface area (Å²) in [7, 11) is 4.07. The maximum absolute atomic E-state index is 6.02. The van der Waals surface area contributed by atoms with Crippen LogP contribution >= 0.6 is 0 Å². The van der Waals surface area contributed by atoms with Crippen LogP contribution in [-0.4, -0.2) is 51.4 Å². The van der Waals surface area contributed by atoms with Gasteiger partial charge in [0.15, 0.2) is 0 Å². The van der Waals surface area contributed by atoms with Crippen molar-refractivity contribution in [1.29, 1.82) is 0 Å². The Balaban J connectivity index is 1.98. The molecule has 2 rings (SSSR count). The van der Waals surface area contributed by atoms with Crippen LogP contribution in [0.1, 0.15) is 11.1 Å². The molecule has 4 heteroatoms. The Morgan fingerprint density at radius 3 is 3.05 bits per heavy atom. The lowest BCUT2D eigenvalue weighted by Gasteiger charge is -2.30. The van der Waals surface area contributed by atoms with Crippen LogP contribution < -0.4 is 10.1 Å². The summed E-state index contributed by atoms with van der Waals surface area (Å²) in [5.41, 5.74) is 2.38. The van der Waals surface area contributed by atoms with E-state index in [1.807, 2.05) is 7.05 Å². The van der Waals surface area contributed by atoms with E-state index in [2.05, 4.69) is 42.4 Å². The van der Waals surface area contributed by atoms with Crippen LogP contribution in [0.2, 0.25) is 0 Å². The van der Waals surface area contributed by atoms with Crippen LogP contribution in [0, 0.1) is 6.92 Å². The molecule has 0 saturated carbocycles. The highest BCUT2D eigenvalue weighted by molar-refractivity contribution is 5.40. The smallest absolute Gasteiger partial charge is 0.126 e. The molecule has 0 aliphatic carbocycles. The van der Waals surface area contributed by atoms with Crippen molar-refractivity contribution in [3.63, 3.8) is 0 Å². The lowest BCUT2D eigenvalue weighted by molar-refractivity contribution is -0.0405.